The maximum Gasteiger partial charge on any atom is 0.338 e. The standard InChI is InChI=1S/C32H44N4O4/c1-9-17-36-22(8)27(30(37)40-18-19(2)3)28(35-32(36)39)23-13-15-24(16-14-23)33-31(38)34-29-25(20(4)5)11-10-12-26(29)21(6)7/h10-16,19-21,28H,9,17-18H2,1-8H3,(H,35,39)(H2,33,34,38)/t28-/m1/s1. The Morgan fingerprint density at radius 3 is 2.08 bits per heavy atom. The lowest BCUT2D eigenvalue weighted by Crippen LogP contribution is -2.48. The minimum Gasteiger partial charge on any atom is -0.462 e. The molecule has 0 saturated carbocycles. The molecule has 0 saturated heterocycles. The first-order valence-electron chi connectivity index (χ1n) is 14.2. The van der Waals surface area contributed by atoms with E-state index in [9.17, 15) is 14.4 Å². The summed E-state index contributed by atoms with van der Waals surface area (Å²) in [4.78, 5) is 40.7. The summed E-state index contributed by atoms with van der Waals surface area (Å²) in [7, 11) is 0. The number of amides is 4. The Labute approximate surface area is 238 Å². The number of nitrogens with one attached hydrogen (secondary N) is 3. The molecule has 2 aromatic rings. The fourth-order valence-electron chi connectivity index (χ4n) is 4.84. The zero-order valence-corrected chi connectivity index (χ0v) is 25.1. The van der Waals surface area contributed by atoms with Gasteiger partial charge >= 0.3 is 18.0 Å². The first-order chi connectivity index (χ1) is 18.9. The molecule has 1 heterocycles. The van der Waals surface area contributed by atoms with E-state index in [4.69, 9.17) is 4.74 Å². The van der Waals surface area contributed by atoms with Crippen LogP contribution in [0.15, 0.2) is 53.7 Å². The molecule has 0 aliphatic carbocycles. The molecule has 8 nitrogen and oxygen atoms in total. The van der Waals surface area contributed by atoms with E-state index in [0.29, 0.717) is 30.1 Å². The minimum absolute atomic E-state index is 0.189. The van der Waals surface area contributed by atoms with Crippen LogP contribution in [0.2, 0.25) is 0 Å². The Hall–Kier alpha value is -3.81. The molecule has 0 spiro atoms. The van der Waals surface area contributed by atoms with Gasteiger partial charge in [0.25, 0.3) is 0 Å². The topological polar surface area (TPSA) is 99.8 Å². The smallest absolute Gasteiger partial charge is 0.338 e. The van der Waals surface area contributed by atoms with Crippen molar-refractivity contribution in [1.29, 1.82) is 0 Å². The average Bonchev–Trinajstić information content (AvgIpc) is 2.89. The lowest BCUT2D eigenvalue weighted by Gasteiger charge is -2.35. The number of urea groups is 2. The number of hydrogen-bond donors (Lipinski definition) is 3. The molecule has 1 aliphatic heterocycles. The van der Waals surface area contributed by atoms with Crippen LogP contribution < -0.4 is 16.0 Å². The normalized spacial score (nSPS) is 15.5. The highest BCUT2D eigenvalue weighted by molar-refractivity contribution is 6.01. The second-order valence-electron chi connectivity index (χ2n) is 11.3. The lowest BCUT2D eigenvalue weighted by molar-refractivity contribution is -0.140. The van der Waals surface area contributed by atoms with Gasteiger partial charge in [-0.3, -0.25) is 4.90 Å². The fourth-order valence-corrected chi connectivity index (χ4v) is 4.84. The molecule has 1 atom stereocenters. The summed E-state index contributed by atoms with van der Waals surface area (Å²) in [5.41, 5.74) is 5.33. The number of carbonyl (C=O) groups is 3. The molecule has 40 heavy (non-hydrogen) atoms. The molecule has 0 unspecified atom stereocenters. The second kappa shape index (κ2) is 13.5. The molecule has 2 aromatic carbocycles. The van der Waals surface area contributed by atoms with E-state index < -0.39 is 12.0 Å². The van der Waals surface area contributed by atoms with Crippen LogP contribution in [-0.4, -0.2) is 36.1 Å². The summed E-state index contributed by atoms with van der Waals surface area (Å²) in [6.45, 7) is 16.9. The molecule has 0 fully saturated rings. The summed E-state index contributed by atoms with van der Waals surface area (Å²) in [6, 6.07) is 12.0. The number of carbonyl (C=O) groups excluding carboxylic acids is 3. The Balaban J connectivity index is 1.84. The number of benzene rings is 2. The van der Waals surface area contributed by atoms with Crippen molar-refractivity contribution < 1.29 is 19.1 Å². The van der Waals surface area contributed by atoms with E-state index in [-0.39, 0.29) is 29.8 Å². The zero-order valence-electron chi connectivity index (χ0n) is 25.1. The zero-order chi connectivity index (χ0) is 29.6. The Kier molecular flexibility index (Phi) is 10.4. The Bertz CT molecular complexity index is 1220. The van der Waals surface area contributed by atoms with Crippen LogP contribution in [0.3, 0.4) is 0 Å². The summed E-state index contributed by atoms with van der Waals surface area (Å²) >= 11 is 0. The number of anilines is 2. The van der Waals surface area contributed by atoms with Gasteiger partial charge in [0.15, 0.2) is 0 Å². The molecular formula is C32H44N4O4. The quantitative estimate of drug-likeness (QED) is 0.267. The van der Waals surface area contributed by atoms with Gasteiger partial charge in [0.2, 0.25) is 0 Å². The highest BCUT2D eigenvalue weighted by Gasteiger charge is 2.36. The molecule has 3 N–H and O–H groups in total. The first-order valence-corrected chi connectivity index (χ1v) is 14.2. The van der Waals surface area contributed by atoms with Gasteiger partial charge in [-0.05, 0) is 59.9 Å². The summed E-state index contributed by atoms with van der Waals surface area (Å²) in [5, 5.41) is 8.94. The number of para-hydroxylation sites is 1. The van der Waals surface area contributed by atoms with Crippen molar-refractivity contribution >= 4 is 29.4 Å². The molecule has 3 rings (SSSR count). The van der Waals surface area contributed by atoms with Crippen molar-refractivity contribution in [3.8, 4) is 0 Å². The van der Waals surface area contributed by atoms with Gasteiger partial charge in [-0.2, -0.15) is 0 Å². The van der Waals surface area contributed by atoms with Gasteiger partial charge in [-0.1, -0.05) is 78.8 Å². The molecule has 0 radical (unpaired) electrons. The second-order valence-corrected chi connectivity index (χ2v) is 11.3. The van der Waals surface area contributed by atoms with Crippen molar-refractivity contribution in [2.24, 2.45) is 5.92 Å². The molecule has 0 aromatic heterocycles. The van der Waals surface area contributed by atoms with Crippen molar-refractivity contribution in [3.05, 3.63) is 70.4 Å². The molecular weight excluding hydrogens is 504 g/mol. The van der Waals surface area contributed by atoms with E-state index in [1.165, 1.54) is 0 Å². The maximum atomic E-state index is 13.2. The fraction of sp³-hybridized carbons (Fsp3) is 0.469. The molecule has 4 amide bonds. The van der Waals surface area contributed by atoms with Crippen LogP contribution in [0.25, 0.3) is 0 Å². The van der Waals surface area contributed by atoms with Crippen LogP contribution in [-0.2, 0) is 9.53 Å². The Morgan fingerprint density at radius 2 is 1.55 bits per heavy atom. The van der Waals surface area contributed by atoms with Crippen molar-refractivity contribution in [2.75, 3.05) is 23.8 Å². The van der Waals surface area contributed by atoms with E-state index in [2.05, 4.69) is 43.6 Å². The number of allylic oxidation sites excluding steroid dienone is 1. The van der Waals surface area contributed by atoms with Crippen LogP contribution in [0.4, 0.5) is 21.0 Å². The molecule has 0 bridgehead atoms. The third kappa shape index (κ3) is 7.23. The van der Waals surface area contributed by atoms with E-state index in [1.54, 1.807) is 36.1 Å². The summed E-state index contributed by atoms with van der Waals surface area (Å²) in [5.74, 6) is 0.257. The third-order valence-corrected chi connectivity index (χ3v) is 6.92. The van der Waals surface area contributed by atoms with Crippen molar-refractivity contribution in [3.63, 3.8) is 0 Å². The SMILES string of the molecule is CCCN1C(=O)N[C@H](c2ccc(NC(=O)Nc3c(C(C)C)cccc3C(C)C)cc2)C(C(=O)OCC(C)C)=C1C. The Morgan fingerprint density at radius 1 is 0.950 bits per heavy atom. The number of rotatable bonds is 10. The van der Waals surface area contributed by atoms with Crippen LogP contribution in [0.5, 0.6) is 0 Å². The average molecular weight is 549 g/mol. The summed E-state index contributed by atoms with van der Waals surface area (Å²) in [6.07, 6.45) is 0.756. The minimum atomic E-state index is -0.658. The van der Waals surface area contributed by atoms with Gasteiger partial charge in [-0.25, -0.2) is 14.4 Å². The van der Waals surface area contributed by atoms with Crippen LogP contribution in [0.1, 0.15) is 96.4 Å². The predicted molar refractivity (Wildman–Crippen MR) is 160 cm³/mol. The lowest BCUT2D eigenvalue weighted by atomic mass is 9.93. The van der Waals surface area contributed by atoms with Crippen LogP contribution in [0, 0.1) is 5.92 Å². The van der Waals surface area contributed by atoms with Crippen molar-refractivity contribution in [1.82, 2.24) is 10.2 Å². The molecule has 1 aliphatic rings. The van der Waals surface area contributed by atoms with Crippen molar-refractivity contribution in [2.45, 2.75) is 79.7 Å². The molecule has 8 heteroatoms. The number of esters is 1. The van der Waals surface area contributed by atoms with E-state index in [0.717, 1.165) is 28.8 Å². The van der Waals surface area contributed by atoms with Gasteiger partial charge in [0.1, 0.15) is 0 Å². The van der Waals surface area contributed by atoms with Gasteiger partial charge in [0.05, 0.1) is 18.2 Å². The number of nitrogens with zero attached hydrogens (tertiary/aromatic N) is 1. The summed E-state index contributed by atoms with van der Waals surface area (Å²) < 4.78 is 5.57. The predicted octanol–water partition coefficient (Wildman–Crippen LogP) is 7.53. The first kappa shape index (κ1) is 30.7. The third-order valence-electron chi connectivity index (χ3n) is 6.92. The van der Waals surface area contributed by atoms with Gasteiger partial charge < -0.3 is 20.7 Å². The van der Waals surface area contributed by atoms with Crippen LogP contribution >= 0.6 is 0 Å². The maximum absolute atomic E-state index is 13.2. The highest BCUT2D eigenvalue weighted by Crippen LogP contribution is 2.34. The van der Waals surface area contributed by atoms with Gasteiger partial charge in [-0.15, -0.1) is 0 Å². The highest BCUT2D eigenvalue weighted by atomic mass is 16.5. The van der Waals surface area contributed by atoms with E-state index in [1.807, 2.05) is 39.0 Å². The number of ether oxygens (including phenoxy) is 1. The monoisotopic (exact) mass is 548 g/mol. The van der Waals surface area contributed by atoms with Gasteiger partial charge in [0, 0.05) is 23.6 Å². The largest absolute Gasteiger partial charge is 0.462 e. The number of hydrogen-bond acceptors (Lipinski definition) is 4. The molecule has 216 valence electrons. The van der Waals surface area contributed by atoms with E-state index >= 15 is 0 Å².